The second-order valence-electron chi connectivity index (χ2n) is 8.47. The van der Waals surface area contributed by atoms with Crippen molar-refractivity contribution in [3.8, 4) is 5.75 Å². The molecule has 1 atom stereocenters. The number of hydrogen-bond donors (Lipinski definition) is 1. The minimum Gasteiger partial charge on any atom is -0.479 e. The number of aromatic nitrogens is 2. The van der Waals surface area contributed by atoms with Crippen LogP contribution in [-0.4, -0.2) is 68.1 Å². The molecule has 0 radical (unpaired) electrons. The topological polar surface area (TPSA) is 114 Å². The Morgan fingerprint density at radius 3 is 2.30 bits per heavy atom. The molecule has 1 fully saturated rings. The summed E-state index contributed by atoms with van der Waals surface area (Å²) in [6.07, 6.45) is -0.809. The van der Waals surface area contributed by atoms with Crippen molar-refractivity contribution in [3.63, 3.8) is 0 Å². The van der Waals surface area contributed by atoms with Crippen molar-refractivity contribution in [2.45, 2.75) is 24.8 Å². The number of piperazine rings is 1. The SMILES string of the molecule is COC(=O)[C@@H](C)Oc1ccc(S(=O)(=O)N2CCN(c3nc(C)cc(Nc4ccc(F)cc4)n3)CC2)cc1. The molecule has 1 N–H and O–H groups in total. The first-order chi connectivity index (χ1) is 17.7. The molecule has 2 aromatic carbocycles. The van der Waals surface area contributed by atoms with Crippen LogP contribution in [0.25, 0.3) is 0 Å². The van der Waals surface area contributed by atoms with Crippen LogP contribution in [0.1, 0.15) is 12.6 Å². The number of hydrogen-bond acceptors (Lipinski definition) is 9. The van der Waals surface area contributed by atoms with Gasteiger partial charge in [-0.2, -0.15) is 9.29 Å². The summed E-state index contributed by atoms with van der Waals surface area (Å²) in [4.78, 5) is 22.7. The molecule has 1 saturated heterocycles. The fraction of sp³-hybridized carbons (Fsp3) is 0.320. The van der Waals surface area contributed by atoms with Gasteiger partial charge in [0.2, 0.25) is 16.0 Å². The Bertz CT molecular complexity index is 1340. The van der Waals surface area contributed by atoms with Crippen molar-refractivity contribution in [2.75, 3.05) is 43.5 Å². The summed E-state index contributed by atoms with van der Waals surface area (Å²) < 4.78 is 51.1. The third kappa shape index (κ3) is 6.33. The van der Waals surface area contributed by atoms with Gasteiger partial charge in [0.05, 0.1) is 12.0 Å². The maximum Gasteiger partial charge on any atom is 0.346 e. The maximum atomic E-state index is 13.2. The molecule has 0 aliphatic carbocycles. The lowest BCUT2D eigenvalue weighted by molar-refractivity contribution is -0.147. The van der Waals surface area contributed by atoms with E-state index in [9.17, 15) is 17.6 Å². The fourth-order valence-electron chi connectivity index (χ4n) is 3.83. The summed E-state index contributed by atoms with van der Waals surface area (Å²) in [7, 11) is -2.45. The van der Waals surface area contributed by atoms with Gasteiger partial charge < -0.3 is 19.7 Å². The lowest BCUT2D eigenvalue weighted by Gasteiger charge is -2.34. The lowest BCUT2D eigenvalue weighted by atomic mass is 10.3. The van der Waals surface area contributed by atoms with Gasteiger partial charge in [-0.1, -0.05) is 0 Å². The van der Waals surface area contributed by atoms with E-state index in [1.54, 1.807) is 25.1 Å². The van der Waals surface area contributed by atoms with Gasteiger partial charge in [-0.15, -0.1) is 0 Å². The molecule has 1 aliphatic heterocycles. The van der Waals surface area contributed by atoms with Crippen LogP contribution in [0, 0.1) is 12.7 Å². The molecule has 4 rings (SSSR count). The average Bonchev–Trinajstić information content (AvgIpc) is 2.89. The number of ether oxygens (including phenoxy) is 2. The molecular formula is C25H28FN5O5S. The smallest absolute Gasteiger partial charge is 0.346 e. The maximum absolute atomic E-state index is 13.2. The van der Waals surface area contributed by atoms with E-state index in [1.165, 1.54) is 47.8 Å². The highest BCUT2D eigenvalue weighted by molar-refractivity contribution is 7.89. The van der Waals surface area contributed by atoms with Gasteiger partial charge in [-0.25, -0.2) is 22.6 Å². The van der Waals surface area contributed by atoms with Crippen molar-refractivity contribution in [1.82, 2.24) is 14.3 Å². The van der Waals surface area contributed by atoms with Crippen molar-refractivity contribution in [1.29, 1.82) is 0 Å². The Balaban J connectivity index is 1.40. The van der Waals surface area contributed by atoms with Crippen LogP contribution in [-0.2, 0) is 19.6 Å². The van der Waals surface area contributed by atoms with Gasteiger partial charge in [-0.05, 0) is 62.4 Å². The molecule has 196 valence electrons. The van der Waals surface area contributed by atoms with Gasteiger partial charge in [0.15, 0.2) is 6.10 Å². The summed E-state index contributed by atoms with van der Waals surface area (Å²) in [6, 6.07) is 13.7. The Morgan fingerprint density at radius 1 is 1.03 bits per heavy atom. The number of carbonyl (C=O) groups excluding carboxylic acids is 1. The van der Waals surface area contributed by atoms with Gasteiger partial charge in [0, 0.05) is 43.6 Å². The number of benzene rings is 2. The predicted octanol–water partition coefficient (Wildman–Crippen LogP) is 3.12. The highest BCUT2D eigenvalue weighted by Gasteiger charge is 2.29. The van der Waals surface area contributed by atoms with Gasteiger partial charge in [0.1, 0.15) is 17.4 Å². The summed E-state index contributed by atoms with van der Waals surface area (Å²) in [5, 5.41) is 3.15. The highest BCUT2D eigenvalue weighted by atomic mass is 32.2. The normalized spacial score (nSPS) is 15.2. The molecular weight excluding hydrogens is 501 g/mol. The Morgan fingerprint density at radius 2 is 1.68 bits per heavy atom. The first-order valence-electron chi connectivity index (χ1n) is 11.6. The molecule has 2 heterocycles. The standard InChI is InChI=1S/C25H28FN5O5S/c1-17-16-23(28-20-6-4-19(26)5-7-20)29-25(27-17)30-12-14-31(15-13-30)37(33,34)22-10-8-21(9-11-22)36-18(2)24(32)35-3/h4-11,16,18H,12-15H2,1-3H3,(H,27,28,29)/t18-/m1/s1. The van der Waals surface area contributed by atoms with Crippen LogP contribution < -0.4 is 15.0 Å². The van der Waals surface area contributed by atoms with Gasteiger partial charge in [0.25, 0.3) is 0 Å². The Kier molecular flexibility index (Phi) is 7.89. The fourth-order valence-corrected chi connectivity index (χ4v) is 5.25. The average molecular weight is 530 g/mol. The summed E-state index contributed by atoms with van der Waals surface area (Å²) >= 11 is 0. The summed E-state index contributed by atoms with van der Waals surface area (Å²) in [5.74, 6) is 0.570. The number of methoxy groups -OCH3 is 1. The summed E-state index contributed by atoms with van der Waals surface area (Å²) in [5.41, 5.74) is 1.44. The molecule has 37 heavy (non-hydrogen) atoms. The van der Waals surface area contributed by atoms with E-state index in [2.05, 4.69) is 20.0 Å². The molecule has 0 amide bonds. The molecule has 0 spiro atoms. The molecule has 0 unspecified atom stereocenters. The number of carbonyl (C=O) groups is 1. The van der Waals surface area contributed by atoms with Crippen molar-refractivity contribution in [2.24, 2.45) is 0 Å². The third-order valence-corrected chi connectivity index (χ3v) is 7.70. The van der Waals surface area contributed by atoms with Gasteiger partial charge >= 0.3 is 5.97 Å². The van der Waals surface area contributed by atoms with Crippen LogP contribution in [0.5, 0.6) is 5.75 Å². The van der Waals surface area contributed by atoms with E-state index in [0.29, 0.717) is 36.3 Å². The molecule has 0 saturated carbocycles. The number of sulfonamides is 1. The van der Waals surface area contributed by atoms with E-state index >= 15 is 0 Å². The number of anilines is 3. The van der Waals surface area contributed by atoms with E-state index in [-0.39, 0.29) is 23.8 Å². The molecule has 12 heteroatoms. The number of aryl methyl sites for hydroxylation is 1. The molecule has 10 nitrogen and oxygen atoms in total. The molecule has 1 aliphatic rings. The van der Waals surface area contributed by atoms with Crippen LogP contribution in [0.3, 0.4) is 0 Å². The third-order valence-electron chi connectivity index (χ3n) is 5.79. The number of esters is 1. The molecule has 0 bridgehead atoms. The largest absolute Gasteiger partial charge is 0.479 e. The Labute approximate surface area is 215 Å². The molecule has 1 aromatic heterocycles. The first-order valence-corrected chi connectivity index (χ1v) is 13.1. The lowest BCUT2D eigenvalue weighted by Crippen LogP contribution is -2.49. The van der Waals surface area contributed by atoms with Crippen LogP contribution in [0.4, 0.5) is 21.8 Å². The summed E-state index contributed by atoms with van der Waals surface area (Å²) in [6.45, 7) is 4.75. The van der Waals surface area contributed by atoms with Crippen molar-refractivity contribution >= 4 is 33.4 Å². The number of nitrogens with one attached hydrogen (secondary N) is 1. The highest BCUT2D eigenvalue weighted by Crippen LogP contribution is 2.24. The zero-order valence-corrected chi connectivity index (χ0v) is 21.5. The minimum absolute atomic E-state index is 0.136. The van der Waals surface area contributed by atoms with Crippen LogP contribution in [0.15, 0.2) is 59.5 Å². The van der Waals surface area contributed by atoms with E-state index in [0.717, 1.165) is 5.69 Å². The van der Waals surface area contributed by atoms with E-state index in [4.69, 9.17) is 4.74 Å². The predicted molar refractivity (Wildman–Crippen MR) is 136 cm³/mol. The minimum atomic E-state index is -3.72. The van der Waals surface area contributed by atoms with Crippen molar-refractivity contribution < 1.29 is 27.1 Å². The first kappa shape index (κ1) is 26.3. The second kappa shape index (κ2) is 11.1. The zero-order valence-electron chi connectivity index (χ0n) is 20.7. The zero-order chi connectivity index (χ0) is 26.6. The van der Waals surface area contributed by atoms with E-state index < -0.39 is 22.1 Å². The Hall–Kier alpha value is -3.77. The van der Waals surface area contributed by atoms with Crippen molar-refractivity contribution in [3.05, 3.63) is 66.1 Å². The second-order valence-corrected chi connectivity index (χ2v) is 10.4. The van der Waals surface area contributed by atoms with Gasteiger partial charge in [-0.3, -0.25) is 0 Å². The monoisotopic (exact) mass is 529 g/mol. The van der Waals surface area contributed by atoms with Crippen LogP contribution >= 0.6 is 0 Å². The number of halogens is 1. The molecule has 3 aromatic rings. The van der Waals surface area contributed by atoms with Crippen LogP contribution in [0.2, 0.25) is 0 Å². The number of rotatable bonds is 8. The number of nitrogens with zero attached hydrogens (tertiary/aromatic N) is 4. The van der Waals surface area contributed by atoms with E-state index in [1.807, 2.05) is 11.8 Å². The quantitative estimate of drug-likeness (QED) is 0.440.